The third kappa shape index (κ3) is 4.36. The second-order valence-corrected chi connectivity index (χ2v) is 8.25. The molecule has 0 amide bonds. The van der Waals surface area contributed by atoms with E-state index in [1.54, 1.807) is 0 Å². The predicted octanol–water partition coefficient (Wildman–Crippen LogP) is 3.82. The summed E-state index contributed by atoms with van der Waals surface area (Å²) in [4.78, 5) is 22.8. The van der Waals surface area contributed by atoms with Crippen LogP contribution in [0.5, 0.6) is 0 Å². The van der Waals surface area contributed by atoms with E-state index in [4.69, 9.17) is 9.31 Å². The van der Waals surface area contributed by atoms with Crippen LogP contribution in [0.1, 0.15) is 50.5 Å². The molecule has 0 unspecified atom stereocenters. The third-order valence-corrected chi connectivity index (χ3v) is 5.48. The van der Waals surface area contributed by atoms with Gasteiger partial charge in [-0.3, -0.25) is 4.79 Å². The number of carboxylic acid groups (broad SMARTS) is 1. The first kappa shape index (κ1) is 20.7. The number of halogens is 1. The summed E-state index contributed by atoms with van der Waals surface area (Å²) < 4.78 is 26.0. The maximum absolute atomic E-state index is 14.0. The number of carbonyl (C=O) groups excluding carboxylic acids is 1. The first-order valence-electron chi connectivity index (χ1n) is 8.16. The molecule has 0 radical (unpaired) electrons. The van der Waals surface area contributed by atoms with Crippen molar-refractivity contribution in [2.75, 3.05) is 5.75 Å². The van der Waals surface area contributed by atoms with Gasteiger partial charge in [0.2, 0.25) is 0 Å². The van der Waals surface area contributed by atoms with Crippen LogP contribution in [-0.2, 0) is 14.1 Å². The highest BCUT2D eigenvalue weighted by molar-refractivity contribution is 8.13. The van der Waals surface area contributed by atoms with Gasteiger partial charge in [-0.15, -0.1) is 0 Å². The van der Waals surface area contributed by atoms with Crippen molar-refractivity contribution in [1.29, 1.82) is 0 Å². The van der Waals surface area contributed by atoms with Crippen LogP contribution in [0.25, 0.3) is 6.08 Å². The molecule has 0 spiro atoms. The lowest BCUT2D eigenvalue weighted by Gasteiger charge is -2.32. The summed E-state index contributed by atoms with van der Waals surface area (Å²) in [5, 5.41) is 9.23. The minimum atomic E-state index is -1.36. The number of carbonyl (C=O) groups is 2. The number of benzene rings is 1. The molecule has 0 aromatic heterocycles. The SMILES string of the molecule is CC(=O)SCC(=Cc1cccc(F)c1C(=O)O)B1OC(C)(C)C(C)(C)O1. The lowest BCUT2D eigenvalue weighted by molar-refractivity contribution is -0.109. The molecule has 2 rings (SSSR count). The maximum atomic E-state index is 14.0. The summed E-state index contributed by atoms with van der Waals surface area (Å²) >= 11 is 1.06. The average Bonchev–Trinajstić information content (AvgIpc) is 2.71. The standard InChI is InChI=1S/C18H22BFO5S/c1-11(21)26-10-13(19-24-17(2,3)18(4,5)25-19)9-12-7-6-8-14(20)15(12)16(22)23/h6-9H,10H2,1-5H3,(H,22,23). The van der Waals surface area contributed by atoms with Gasteiger partial charge in [-0.2, -0.15) is 0 Å². The van der Waals surface area contributed by atoms with Crippen molar-refractivity contribution in [3.63, 3.8) is 0 Å². The molecule has 0 atom stereocenters. The Labute approximate surface area is 157 Å². The topological polar surface area (TPSA) is 72.8 Å². The van der Waals surface area contributed by atoms with Crippen molar-refractivity contribution in [3.8, 4) is 0 Å². The highest BCUT2D eigenvalue weighted by atomic mass is 32.2. The molecule has 1 aliphatic rings. The van der Waals surface area contributed by atoms with E-state index in [9.17, 15) is 19.1 Å². The summed E-state index contributed by atoms with van der Waals surface area (Å²) in [6, 6.07) is 4.05. The molecule has 1 fully saturated rings. The van der Waals surface area contributed by atoms with E-state index in [1.807, 2.05) is 27.7 Å². The minimum Gasteiger partial charge on any atom is -0.478 e. The number of thioether (sulfide) groups is 1. The number of hydrogen-bond acceptors (Lipinski definition) is 5. The predicted molar refractivity (Wildman–Crippen MR) is 101 cm³/mol. The fourth-order valence-electron chi connectivity index (χ4n) is 2.44. The molecule has 26 heavy (non-hydrogen) atoms. The van der Waals surface area contributed by atoms with Crippen molar-refractivity contribution in [3.05, 3.63) is 40.6 Å². The van der Waals surface area contributed by atoms with E-state index in [0.717, 1.165) is 17.8 Å². The van der Waals surface area contributed by atoms with Crippen LogP contribution in [0.3, 0.4) is 0 Å². The zero-order valence-corrected chi connectivity index (χ0v) is 16.3. The fraction of sp³-hybridized carbons (Fsp3) is 0.444. The Morgan fingerprint density at radius 2 is 1.81 bits per heavy atom. The van der Waals surface area contributed by atoms with Crippen LogP contribution >= 0.6 is 11.8 Å². The summed E-state index contributed by atoms with van der Waals surface area (Å²) in [5.74, 6) is -1.93. The highest BCUT2D eigenvalue weighted by Crippen LogP contribution is 2.39. The maximum Gasteiger partial charge on any atom is 0.491 e. The summed E-state index contributed by atoms with van der Waals surface area (Å²) in [6.45, 7) is 9.03. The molecule has 0 saturated carbocycles. The highest BCUT2D eigenvalue weighted by Gasteiger charge is 2.52. The second-order valence-electron chi connectivity index (χ2n) is 7.10. The Balaban J connectivity index is 2.47. The van der Waals surface area contributed by atoms with E-state index in [-0.39, 0.29) is 16.4 Å². The molecule has 5 nitrogen and oxygen atoms in total. The normalized spacial score (nSPS) is 18.8. The van der Waals surface area contributed by atoms with E-state index in [1.165, 1.54) is 25.1 Å². The van der Waals surface area contributed by atoms with Crippen LogP contribution in [-0.4, -0.2) is 40.3 Å². The molecular formula is C18H22BFO5S. The molecule has 0 bridgehead atoms. The van der Waals surface area contributed by atoms with Gasteiger partial charge in [0, 0.05) is 12.7 Å². The van der Waals surface area contributed by atoms with Crippen molar-refractivity contribution in [1.82, 2.24) is 0 Å². The van der Waals surface area contributed by atoms with Crippen molar-refractivity contribution >= 4 is 36.0 Å². The third-order valence-electron chi connectivity index (χ3n) is 4.60. The second kappa shape index (κ2) is 7.54. The van der Waals surface area contributed by atoms with Gasteiger partial charge in [0.1, 0.15) is 11.4 Å². The Kier molecular flexibility index (Phi) is 6.00. The quantitative estimate of drug-likeness (QED) is 0.783. The molecule has 0 aliphatic carbocycles. The molecule has 1 N–H and O–H groups in total. The minimum absolute atomic E-state index is 0.0925. The molecular weight excluding hydrogens is 358 g/mol. The zero-order chi connectivity index (χ0) is 19.7. The number of aromatic carboxylic acids is 1. The largest absolute Gasteiger partial charge is 0.491 e. The van der Waals surface area contributed by atoms with Crippen LogP contribution < -0.4 is 0 Å². The van der Waals surface area contributed by atoms with Crippen LogP contribution in [0.15, 0.2) is 23.7 Å². The van der Waals surface area contributed by atoms with Gasteiger partial charge < -0.3 is 14.4 Å². The van der Waals surface area contributed by atoms with Crippen molar-refractivity contribution < 1.29 is 28.4 Å². The van der Waals surface area contributed by atoms with E-state index >= 15 is 0 Å². The monoisotopic (exact) mass is 380 g/mol. The van der Waals surface area contributed by atoms with Crippen LogP contribution in [0, 0.1) is 5.82 Å². The van der Waals surface area contributed by atoms with E-state index in [0.29, 0.717) is 5.47 Å². The molecule has 8 heteroatoms. The number of rotatable bonds is 5. The molecule has 1 aromatic rings. The molecule has 140 valence electrons. The van der Waals surface area contributed by atoms with Gasteiger partial charge in [0.25, 0.3) is 0 Å². The summed E-state index contributed by atoms with van der Waals surface area (Å²) in [5.41, 5.74) is -0.831. The van der Waals surface area contributed by atoms with Crippen molar-refractivity contribution in [2.24, 2.45) is 0 Å². The van der Waals surface area contributed by atoms with Crippen LogP contribution in [0.2, 0.25) is 0 Å². The van der Waals surface area contributed by atoms with Gasteiger partial charge in [0.15, 0.2) is 5.12 Å². The van der Waals surface area contributed by atoms with Gasteiger partial charge in [-0.05, 0) is 44.8 Å². The Bertz CT molecular complexity index is 744. The molecule has 1 heterocycles. The zero-order valence-electron chi connectivity index (χ0n) is 15.5. The first-order valence-corrected chi connectivity index (χ1v) is 9.14. The number of hydrogen-bond donors (Lipinski definition) is 1. The van der Waals surface area contributed by atoms with E-state index < -0.39 is 35.7 Å². The summed E-state index contributed by atoms with van der Waals surface area (Å²) in [7, 11) is -0.753. The lowest BCUT2D eigenvalue weighted by atomic mass is 9.78. The first-order chi connectivity index (χ1) is 11.9. The van der Waals surface area contributed by atoms with Crippen molar-refractivity contribution in [2.45, 2.75) is 45.8 Å². The molecule has 1 aromatic carbocycles. The summed E-state index contributed by atoms with van der Waals surface area (Å²) in [6.07, 6.45) is 1.53. The smallest absolute Gasteiger partial charge is 0.478 e. The molecule has 1 saturated heterocycles. The Hall–Kier alpha value is -1.64. The average molecular weight is 380 g/mol. The van der Waals surface area contributed by atoms with Gasteiger partial charge in [-0.1, -0.05) is 30.0 Å². The van der Waals surface area contributed by atoms with E-state index in [2.05, 4.69) is 0 Å². The Morgan fingerprint density at radius 3 is 2.31 bits per heavy atom. The van der Waals surface area contributed by atoms with Crippen LogP contribution in [0.4, 0.5) is 4.39 Å². The number of carboxylic acids is 1. The molecule has 1 aliphatic heterocycles. The van der Waals surface area contributed by atoms with Gasteiger partial charge >= 0.3 is 13.1 Å². The Morgan fingerprint density at radius 1 is 1.23 bits per heavy atom. The fourth-order valence-corrected chi connectivity index (χ4v) is 3.03. The van der Waals surface area contributed by atoms with Gasteiger partial charge in [0.05, 0.1) is 11.2 Å². The lowest BCUT2D eigenvalue weighted by Crippen LogP contribution is -2.41. The van der Waals surface area contributed by atoms with Gasteiger partial charge in [-0.25, -0.2) is 9.18 Å².